The van der Waals surface area contributed by atoms with Crippen molar-refractivity contribution in [1.82, 2.24) is 0 Å². The summed E-state index contributed by atoms with van der Waals surface area (Å²) in [5.74, 6) is 0.898. The summed E-state index contributed by atoms with van der Waals surface area (Å²) in [7, 11) is 0.500. The molecule has 0 amide bonds. The summed E-state index contributed by atoms with van der Waals surface area (Å²) in [6, 6.07) is 0. The summed E-state index contributed by atoms with van der Waals surface area (Å²) in [6.45, 7) is 10.7. The highest BCUT2D eigenvalue weighted by Gasteiger charge is 1.85. The monoisotopic (exact) mass is 166 g/mol. The van der Waals surface area contributed by atoms with Crippen LogP contribution < -0.4 is 0 Å². The van der Waals surface area contributed by atoms with Gasteiger partial charge in [-0.2, -0.15) is 0 Å². The molecular formula is C10H27F. The highest BCUT2D eigenvalue weighted by Crippen LogP contribution is 2.00. The van der Waals surface area contributed by atoms with E-state index in [-0.39, 0.29) is 7.43 Å². The fraction of sp³-hybridized carbons (Fsp3) is 1.00. The Morgan fingerprint density at radius 1 is 1.09 bits per heavy atom. The largest absolute Gasteiger partial charge is 0.255 e. The Hall–Kier alpha value is -0.0700. The van der Waals surface area contributed by atoms with Crippen LogP contribution in [0.3, 0.4) is 0 Å². The Kier molecular flexibility index (Phi) is 66.5. The molecule has 0 heterocycles. The number of halogens is 1. The van der Waals surface area contributed by atoms with Gasteiger partial charge in [-0.3, -0.25) is 4.39 Å². The van der Waals surface area contributed by atoms with E-state index in [9.17, 15) is 4.39 Å². The van der Waals surface area contributed by atoms with Gasteiger partial charge in [0, 0.05) is 0 Å². The molecule has 0 rings (SSSR count). The van der Waals surface area contributed by atoms with Gasteiger partial charge in [-0.05, 0) is 5.92 Å². The Labute approximate surface area is 73.2 Å². The predicted octanol–water partition coefficient (Wildman–Crippen LogP) is 4.69. The molecule has 0 aliphatic rings. The fourth-order valence-corrected chi connectivity index (χ4v) is 0.577. The van der Waals surface area contributed by atoms with Crippen LogP contribution in [0.15, 0.2) is 0 Å². The molecule has 0 radical (unpaired) electrons. The summed E-state index contributed by atoms with van der Waals surface area (Å²) in [5.41, 5.74) is 0. The summed E-state index contributed by atoms with van der Waals surface area (Å²) < 4.78 is 9.50. The molecule has 0 spiro atoms. The molecular weight excluding hydrogens is 139 g/mol. The standard InChI is InChI=1S/C6H14.C2H6.CH3F.CH4/c1-4-5-6(2)3;2*1-2;/h6H,4-5H2,1-3H3;1-2H3;1H3;1H4. The van der Waals surface area contributed by atoms with Crippen molar-refractivity contribution in [3.63, 3.8) is 0 Å². The van der Waals surface area contributed by atoms with Gasteiger partial charge < -0.3 is 0 Å². The zero-order valence-corrected chi connectivity index (χ0v) is 8.37. The van der Waals surface area contributed by atoms with Crippen LogP contribution in [0, 0.1) is 5.92 Å². The quantitative estimate of drug-likeness (QED) is 0.558. The second-order valence-electron chi connectivity index (χ2n) is 2.18. The van der Waals surface area contributed by atoms with Gasteiger partial charge in [-0.1, -0.05) is 54.9 Å². The van der Waals surface area contributed by atoms with E-state index in [2.05, 4.69) is 20.8 Å². The predicted molar refractivity (Wildman–Crippen MR) is 54.9 cm³/mol. The molecule has 0 fully saturated rings. The van der Waals surface area contributed by atoms with Crippen LogP contribution in [0.2, 0.25) is 0 Å². The lowest BCUT2D eigenvalue weighted by Crippen LogP contribution is -1.81. The number of alkyl halides is 1. The third-order valence-electron chi connectivity index (χ3n) is 0.866. The van der Waals surface area contributed by atoms with Crippen molar-refractivity contribution >= 4 is 0 Å². The molecule has 0 aliphatic carbocycles. The van der Waals surface area contributed by atoms with E-state index >= 15 is 0 Å². The second-order valence-corrected chi connectivity index (χ2v) is 2.18. The zero-order valence-electron chi connectivity index (χ0n) is 8.37. The summed E-state index contributed by atoms with van der Waals surface area (Å²) in [4.78, 5) is 0. The van der Waals surface area contributed by atoms with Crippen LogP contribution in [0.5, 0.6) is 0 Å². The lowest BCUT2D eigenvalue weighted by atomic mass is 10.1. The molecule has 74 valence electrons. The molecule has 0 aromatic rings. The van der Waals surface area contributed by atoms with Gasteiger partial charge in [-0.25, -0.2) is 0 Å². The first-order valence-corrected chi connectivity index (χ1v) is 4.15. The van der Waals surface area contributed by atoms with E-state index in [4.69, 9.17) is 0 Å². The van der Waals surface area contributed by atoms with Gasteiger partial charge in [0.15, 0.2) is 0 Å². The van der Waals surface area contributed by atoms with Crippen molar-refractivity contribution in [2.75, 3.05) is 7.18 Å². The van der Waals surface area contributed by atoms with Crippen molar-refractivity contribution in [1.29, 1.82) is 0 Å². The van der Waals surface area contributed by atoms with E-state index in [1.807, 2.05) is 13.8 Å². The van der Waals surface area contributed by atoms with Crippen LogP contribution in [-0.4, -0.2) is 7.18 Å². The number of hydrogen-bond donors (Lipinski definition) is 0. The van der Waals surface area contributed by atoms with Gasteiger partial charge in [0.2, 0.25) is 0 Å². The van der Waals surface area contributed by atoms with Crippen LogP contribution in [0.25, 0.3) is 0 Å². The minimum absolute atomic E-state index is 0. The molecule has 11 heavy (non-hydrogen) atoms. The highest BCUT2D eigenvalue weighted by atomic mass is 19.1. The van der Waals surface area contributed by atoms with Crippen LogP contribution in [-0.2, 0) is 0 Å². The lowest BCUT2D eigenvalue weighted by Gasteiger charge is -1.95. The van der Waals surface area contributed by atoms with Crippen molar-refractivity contribution in [3.05, 3.63) is 0 Å². The Morgan fingerprint density at radius 3 is 1.36 bits per heavy atom. The molecule has 0 atom stereocenters. The maximum atomic E-state index is 9.50. The Morgan fingerprint density at radius 2 is 1.36 bits per heavy atom. The van der Waals surface area contributed by atoms with Crippen molar-refractivity contribution < 1.29 is 4.39 Å². The van der Waals surface area contributed by atoms with Crippen LogP contribution >= 0.6 is 0 Å². The number of rotatable bonds is 2. The van der Waals surface area contributed by atoms with Crippen LogP contribution in [0.4, 0.5) is 4.39 Å². The lowest BCUT2D eigenvalue weighted by molar-refractivity contribution is 0.576. The smallest absolute Gasteiger partial charge is 0.0785 e. The van der Waals surface area contributed by atoms with E-state index in [1.165, 1.54) is 12.8 Å². The highest BCUT2D eigenvalue weighted by molar-refractivity contribution is 4.38. The molecule has 0 saturated heterocycles. The fourth-order valence-electron chi connectivity index (χ4n) is 0.577. The Balaban J connectivity index is -0.0000000428. The maximum Gasteiger partial charge on any atom is 0.0785 e. The van der Waals surface area contributed by atoms with Gasteiger partial charge in [0.25, 0.3) is 0 Å². The Bertz CT molecular complexity index is 26.1. The van der Waals surface area contributed by atoms with Gasteiger partial charge in [0.05, 0.1) is 7.18 Å². The van der Waals surface area contributed by atoms with Crippen molar-refractivity contribution in [2.24, 2.45) is 5.92 Å². The van der Waals surface area contributed by atoms with Gasteiger partial charge >= 0.3 is 0 Å². The SMILES string of the molecule is C.CC.CCCC(C)C.CF. The van der Waals surface area contributed by atoms with E-state index < -0.39 is 0 Å². The van der Waals surface area contributed by atoms with Gasteiger partial charge in [0.1, 0.15) is 0 Å². The first-order valence-electron chi connectivity index (χ1n) is 4.15. The topological polar surface area (TPSA) is 0 Å². The zero-order chi connectivity index (χ0) is 8.99. The first kappa shape index (κ1) is 22.4. The van der Waals surface area contributed by atoms with E-state index in [0.29, 0.717) is 7.18 Å². The van der Waals surface area contributed by atoms with Gasteiger partial charge in [-0.15, -0.1) is 0 Å². The third-order valence-corrected chi connectivity index (χ3v) is 0.866. The minimum atomic E-state index is 0. The molecule has 0 bridgehead atoms. The normalized spacial score (nSPS) is 6.55. The second kappa shape index (κ2) is 32.6. The van der Waals surface area contributed by atoms with Crippen molar-refractivity contribution in [2.45, 2.75) is 54.9 Å². The van der Waals surface area contributed by atoms with E-state index in [1.54, 1.807) is 0 Å². The van der Waals surface area contributed by atoms with Crippen LogP contribution in [0.1, 0.15) is 54.9 Å². The molecule has 0 nitrogen and oxygen atoms in total. The third kappa shape index (κ3) is 72.7. The number of hydrogen-bond acceptors (Lipinski definition) is 0. The molecule has 0 aromatic carbocycles. The molecule has 0 aliphatic heterocycles. The minimum Gasteiger partial charge on any atom is -0.255 e. The molecule has 1 heteroatoms. The summed E-state index contributed by atoms with van der Waals surface area (Å²) >= 11 is 0. The average Bonchev–Trinajstić information content (AvgIpc) is 1.96. The van der Waals surface area contributed by atoms with E-state index in [0.717, 1.165) is 5.92 Å². The summed E-state index contributed by atoms with van der Waals surface area (Å²) in [5, 5.41) is 0. The molecule has 0 unspecified atom stereocenters. The maximum absolute atomic E-state index is 9.50. The molecule has 0 saturated carbocycles. The first-order chi connectivity index (χ1) is 4.77. The summed E-state index contributed by atoms with van der Waals surface area (Å²) in [6.07, 6.45) is 2.71. The average molecular weight is 166 g/mol. The van der Waals surface area contributed by atoms with Crippen molar-refractivity contribution in [3.8, 4) is 0 Å². The molecule has 0 N–H and O–H groups in total. The molecule has 0 aromatic heterocycles.